The molecule has 2 aromatic heterocycles. The number of aryl methyl sites for hydroxylation is 1. The summed E-state index contributed by atoms with van der Waals surface area (Å²) in [5.41, 5.74) is 1.20. The Morgan fingerprint density at radius 2 is 2.44 bits per heavy atom. The number of hydrogen-bond donors (Lipinski definition) is 1. The normalized spacial score (nSPS) is 10.6. The summed E-state index contributed by atoms with van der Waals surface area (Å²) in [5, 5.41) is 5.81. The van der Waals surface area contributed by atoms with Crippen LogP contribution in [0.4, 0.5) is 0 Å². The summed E-state index contributed by atoms with van der Waals surface area (Å²) in [4.78, 5) is 20.0. The summed E-state index contributed by atoms with van der Waals surface area (Å²) in [6.45, 7) is 2.12. The first-order valence-electron chi connectivity index (χ1n) is 5.31. The fraction of sp³-hybridized carbons (Fsp3) is 0.364. The van der Waals surface area contributed by atoms with Crippen molar-refractivity contribution >= 4 is 29.0 Å². The minimum atomic E-state index is -0.235. The van der Waals surface area contributed by atoms with E-state index < -0.39 is 0 Å². The summed E-state index contributed by atoms with van der Waals surface area (Å²) < 4.78 is 4.99. The van der Waals surface area contributed by atoms with Gasteiger partial charge in [0.25, 0.3) is 5.91 Å². The molecule has 0 unspecified atom stereocenters. The molecular weight excluding hydrogens is 270 g/mol. The van der Waals surface area contributed by atoms with Crippen LogP contribution in [0, 0.1) is 6.92 Å². The van der Waals surface area contributed by atoms with Crippen LogP contribution in [0.15, 0.2) is 16.2 Å². The van der Waals surface area contributed by atoms with Gasteiger partial charge in [0.1, 0.15) is 10.8 Å². The van der Waals surface area contributed by atoms with Crippen molar-refractivity contribution in [2.45, 2.75) is 19.2 Å². The van der Waals surface area contributed by atoms with E-state index in [0.29, 0.717) is 18.0 Å². The van der Waals surface area contributed by atoms with Gasteiger partial charge in [0.05, 0.1) is 12.2 Å². The molecule has 7 heteroatoms. The Hall–Kier alpha value is -1.34. The van der Waals surface area contributed by atoms with Crippen LogP contribution in [0.1, 0.15) is 27.0 Å². The van der Waals surface area contributed by atoms with Crippen molar-refractivity contribution in [3.05, 3.63) is 33.9 Å². The predicted octanol–water partition coefficient (Wildman–Crippen LogP) is 2.23. The summed E-state index contributed by atoms with van der Waals surface area (Å²) in [6.07, 6.45) is 3.31. The first-order valence-corrected chi connectivity index (χ1v) is 7.58. The minimum Gasteiger partial charge on any atom is -0.448 e. The van der Waals surface area contributed by atoms with Crippen molar-refractivity contribution in [2.24, 2.45) is 0 Å². The molecule has 2 aromatic rings. The molecule has 2 rings (SSSR count). The average molecular weight is 283 g/mol. The molecular formula is C11H13N3O2S2. The second-order valence-electron chi connectivity index (χ2n) is 3.61. The van der Waals surface area contributed by atoms with Crippen molar-refractivity contribution in [1.29, 1.82) is 0 Å². The predicted molar refractivity (Wildman–Crippen MR) is 71.7 cm³/mol. The molecule has 0 bridgehead atoms. The fourth-order valence-corrected chi connectivity index (χ4v) is 2.91. The summed E-state index contributed by atoms with van der Waals surface area (Å²) in [7, 11) is 0. The number of carbonyl (C=O) groups is 1. The zero-order valence-corrected chi connectivity index (χ0v) is 11.7. The van der Waals surface area contributed by atoms with Gasteiger partial charge in [0, 0.05) is 11.1 Å². The highest BCUT2D eigenvalue weighted by atomic mass is 32.2. The summed E-state index contributed by atoms with van der Waals surface area (Å²) in [6, 6.07) is 0. The molecule has 0 aliphatic rings. The molecule has 0 saturated heterocycles. The molecule has 0 spiro atoms. The molecule has 96 valence electrons. The fourth-order valence-electron chi connectivity index (χ4n) is 1.40. The second-order valence-corrected chi connectivity index (χ2v) is 5.41. The van der Waals surface area contributed by atoms with Crippen LogP contribution >= 0.6 is 23.1 Å². The van der Waals surface area contributed by atoms with E-state index in [9.17, 15) is 4.79 Å². The summed E-state index contributed by atoms with van der Waals surface area (Å²) in [5.74, 6) is 1.19. The Morgan fingerprint density at radius 3 is 3.11 bits per heavy atom. The number of carbonyl (C=O) groups excluding carboxylic acids is 1. The maximum atomic E-state index is 11.8. The Bertz CT molecular complexity index is 536. The molecule has 18 heavy (non-hydrogen) atoms. The maximum absolute atomic E-state index is 11.8. The zero-order chi connectivity index (χ0) is 13.0. The van der Waals surface area contributed by atoms with Gasteiger partial charge in [0.15, 0.2) is 12.1 Å². The Labute approximate surface area is 113 Å². The van der Waals surface area contributed by atoms with Gasteiger partial charge in [-0.15, -0.1) is 11.3 Å². The topological polar surface area (TPSA) is 68.0 Å². The molecule has 0 fully saturated rings. The number of hydrogen-bond acceptors (Lipinski definition) is 6. The highest BCUT2D eigenvalue weighted by molar-refractivity contribution is 7.97. The van der Waals surface area contributed by atoms with Crippen molar-refractivity contribution < 1.29 is 9.21 Å². The van der Waals surface area contributed by atoms with Gasteiger partial charge >= 0.3 is 0 Å². The first-order chi connectivity index (χ1) is 8.70. The largest absolute Gasteiger partial charge is 0.448 e. The molecule has 2 heterocycles. The molecule has 0 radical (unpaired) electrons. The average Bonchev–Trinajstić information content (AvgIpc) is 2.96. The first kappa shape index (κ1) is 13.1. The van der Waals surface area contributed by atoms with Gasteiger partial charge in [-0.25, -0.2) is 9.97 Å². The molecule has 0 saturated carbocycles. The van der Waals surface area contributed by atoms with Gasteiger partial charge in [-0.2, -0.15) is 11.8 Å². The third kappa shape index (κ3) is 3.11. The number of thioether (sulfide) groups is 1. The van der Waals surface area contributed by atoms with Gasteiger partial charge in [-0.05, 0) is 13.2 Å². The van der Waals surface area contributed by atoms with Crippen LogP contribution in [0.2, 0.25) is 0 Å². The lowest BCUT2D eigenvalue weighted by molar-refractivity contribution is 0.0944. The molecule has 5 nitrogen and oxygen atoms in total. The number of nitrogens with one attached hydrogen (secondary N) is 1. The Morgan fingerprint density at radius 1 is 1.61 bits per heavy atom. The van der Waals surface area contributed by atoms with Crippen LogP contribution in [-0.4, -0.2) is 22.1 Å². The number of nitrogens with zero attached hydrogens (tertiary/aromatic N) is 2. The lowest BCUT2D eigenvalue weighted by Gasteiger charge is -2.00. The standard InChI is InChI=1S/C11H13N3O2S2/c1-7-10(13-6-16-7)11(15)12-3-8-4-18-9(14-8)5-17-2/h4,6H,3,5H2,1-2H3,(H,12,15). The minimum absolute atomic E-state index is 0.235. The van der Waals surface area contributed by atoms with E-state index in [1.807, 2.05) is 11.6 Å². The van der Waals surface area contributed by atoms with Crippen molar-refractivity contribution in [3.8, 4) is 0 Å². The van der Waals surface area contributed by atoms with E-state index in [0.717, 1.165) is 16.5 Å². The van der Waals surface area contributed by atoms with Crippen molar-refractivity contribution in [2.75, 3.05) is 6.26 Å². The molecule has 0 aliphatic heterocycles. The third-order valence-corrected chi connectivity index (χ3v) is 3.90. The van der Waals surface area contributed by atoms with E-state index in [1.54, 1.807) is 30.0 Å². The smallest absolute Gasteiger partial charge is 0.273 e. The highest BCUT2D eigenvalue weighted by Crippen LogP contribution is 2.15. The Kier molecular flexibility index (Phi) is 4.38. The van der Waals surface area contributed by atoms with E-state index in [2.05, 4.69) is 15.3 Å². The number of oxazole rings is 1. The molecule has 0 atom stereocenters. The Balaban J connectivity index is 1.91. The van der Waals surface area contributed by atoms with Crippen LogP contribution in [0.3, 0.4) is 0 Å². The van der Waals surface area contributed by atoms with E-state index in [1.165, 1.54) is 6.39 Å². The molecule has 1 N–H and O–H groups in total. The highest BCUT2D eigenvalue weighted by Gasteiger charge is 2.13. The van der Waals surface area contributed by atoms with Crippen LogP contribution in [0.5, 0.6) is 0 Å². The lowest BCUT2D eigenvalue weighted by Crippen LogP contribution is -2.24. The molecule has 0 aromatic carbocycles. The monoisotopic (exact) mass is 283 g/mol. The second kappa shape index (κ2) is 6.01. The van der Waals surface area contributed by atoms with Gasteiger partial charge in [-0.3, -0.25) is 4.79 Å². The number of aromatic nitrogens is 2. The maximum Gasteiger partial charge on any atom is 0.273 e. The van der Waals surface area contributed by atoms with Crippen LogP contribution < -0.4 is 5.32 Å². The number of amides is 1. The van der Waals surface area contributed by atoms with Crippen LogP contribution in [0.25, 0.3) is 0 Å². The molecule has 0 aliphatic carbocycles. The van der Waals surface area contributed by atoms with Crippen molar-refractivity contribution in [1.82, 2.24) is 15.3 Å². The van der Waals surface area contributed by atoms with E-state index in [4.69, 9.17) is 4.42 Å². The van der Waals surface area contributed by atoms with Crippen LogP contribution in [-0.2, 0) is 12.3 Å². The molecule has 1 amide bonds. The van der Waals surface area contributed by atoms with Gasteiger partial charge in [0.2, 0.25) is 0 Å². The van der Waals surface area contributed by atoms with E-state index >= 15 is 0 Å². The lowest BCUT2D eigenvalue weighted by atomic mass is 10.3. The van der Waals surface area contributed by atoms with E-state index in [-0.39, 0.29) is 5.91 Å². The third-order valence-electron chi connectivity index (χ3n) is 2.26. The van der Waals surface area contributed by atoms with Gasteiger partial charge < -0.3 is 9.73 Å². The number of thiazole rings is 1. The number of rotatable bonds is 5. The quantitative estimate of drug-likeness (QED) is 0.911. The summed E-state index contributed by atoms with van der Waals surface area (Å²) >= 11 is 3.34. The van der Waals surface area contributed by atoms with Gasteiger partial charge in [-0.1, -0.05) is 0 Å². The zero-order valence-electron chi connectivity index (χ0n) is 10.1. The SMILES string of the molecule is CSCc1nc(CNC(=O)c2ncoc2C)cs1. The van der Waals surface area contributed by atoms with Crippen molar-refractivity contribution in [3.63, 3.8) is 0 Å².